The van der Waals surface area contributed by atoms with E-state index >= 15 is 0 Å². The van der Waals surface area contributed by atoms with Crippen LogP contribution in [0.3, 0.4) is 0 Å². The highest BCUT2D eigenvalue weighted by atomic mass is 16.5. The lowest BCUT2D eigenvalue weighted by atomic mass is 10.1. The number of rotatable bonds is 6. The third-order valence-electron chi connectivity index (χ3n) is 2.74. The number of benzene rings is 1. The normalized spacial score (nSPS) is 12.8. The SMILES string of the molecule is CO/C(C)=C\[C@H](O)c1cc(OC)c(OC)c(OC)c1. The molecule has 0 heterocycles. The van der Waals surface area contributed by atoms with Crippen LogP contribution in [-0.4, -0.2) is 33.5 Å². The van der Waals surface area contributed by atoms with Crippen LogP contribution in [0.5, 0.6) is 17.2 Å². The summed E-state index contributed by atoms with van der Waals surface area (Å²) in [5, 5.41) is 10.1. The fourth-order valence-corrected chi connectivity index (χ4v) is 1.66. The van der Waals surface area contributed by atoms with Crippen molar-refractivity contribution in [2.45, 2.75) is 13.0 Å². The molecule has 0 aromatic heterocycles. The van der Waals surface area contributed by atoms with E-state index in [0.29, 0.717) is 28.6 Å². The van der Waals surface area contributed by atoms with E-state index in [4.69, 9.17) is 18.9 Å². The van der Waals surface area contributed by atoms with Crippen molar-refractivity contribution in [2.24, 2.45) is 0 Å². The monoisotopic (exact) mass is 268 g/mol. The van der Waals surface area contributed by atoms with Gasteiger partial charge in [-0.15, -0.1) is 0 Å². The van der Waals surface area contributed by atoms with Crippen LogP contribution in [0.15, 0.2) is 24.0 Å². The molecular weight excluding hydrogens is 248 g/mol. The van der Waals surface area contributed by atoms with E-state index in [1.54, 1.807) is 32.2 Å². The van der Waals surface area contributed by atoms with Gasteiger partial charge in [-0.25, -0.2) is 0 Å². The molecule has 0 amide bonds. The van der Waals surface area contributed by atoms with Crippen molar-refractivity contribution >= 4 is 0 Å². The van der Waals surface area contributed by atoms with Gasteiger partial charge < -0.3 is 24.1 Å². The first-order chi connectivity index (χ1) is 9.07. The molecule has 106 valence electrons. The molecule has 0 radical (unpaired) electrons. The van der Waals surface area contributed by atoms with E-state index in [2.05, 4.69) is 0 Å². The summed E-state index contributed by atoms with van der Waals surface area (Å²) >= 11 is 0. The number of allylic oxidation sites excluding steroid dienone is 1. The summed E-state index contributed by atoms with van der Waals surface area (Å²) in [6.45, 7) is 1.77. The van der Waals surface area contributed by atoms with Crippen LogP contribution in [0.1, 0.15) is 18.6 Å². The fraction of sp³-hybridized carbons (Fsp3) is 0.429. The lowest BCUT2D eigenvalue weighted by Crippen LogP contribution is -2.00. The fourth-order valence-electron chi connectivity index (χ4n) is 1.66. The van der Waals surface area contributed by atoms with Crippen molar-refractivity contribution in [1.82, 2.24) is 0 Å². The molecule has 0 saturated heterocycles. The van der Waals surface area contributed by atoms with Gasteiger partial charge in [0.2, 0.25) is 5.75 Å². The molecule has 1 aromatic carbocycles. The number of hydrogen-bond acceptors (Lipinski definition) is 5. The zero-order valence-electron chi connectivity index (χ0n) is 11.9. The molecule has 5 nitrogen and oxygen atoms in total. The standard InChI is InChI=1S/C14H20O5/c1-9(16-2)6-11(15)10-7-12(17-3)14(19-5)13(8-10)18-4/h6-8,11,15H,1-5H3/b9-6-/t11-/m0/s1. The summed E-state index contributed by atoms with van der Waals surface area (Å²) in [7, 11) is 6.15. The Bertz CT molecular complexity index is 428. The highest BCUT2D eigenvalue weighted by molar-refractivity contribution is 5.54. The first-order valence-electron chi connectivity index (χ1n) is 5.77. The predicted octanol–water partition coefficient (Wildman–Crippen LogP) is 2.30. The number of methoxy groups -OCH3 is 4. The average molecular weight is 268 g/mol. The molecule has 1 atom stereocenters. The Labute approximate surface area is 113 Å². The van der Waals surface area contributed by atoms with Crippen molar-refractivity contribution < 1.29 is 24.1 Å². The van der Waals surface area contributed by atoms with E-state index in [9.17, 15) is 5.11 Å². The number of aliphatic hydroxyl groups is 1. The Hall–Kier alpha value is -1.88. The minimum absolute atomic E-state index is 0.494. The van der Waals surface area contributed by atoms with E-state index in [-0.39, 0.29) is 0 Å². The van der Waals surface area contributed by atoms with E-state index in [1.807, 2.05) is 0 Å². The molecule has 0 aliphatic rings. The summed E-state index contributed by atoms with van der Waals surface area (Å²) in [6, 6.07) is 3.40. The Balaban J connectivity index is 3.22. The van der Waals surface area contributed by atoms with Crippen molar-refractivity contribution in [1.29, 1.82) is 0 Å². The molecule has 0 spiro atoms. The highest BCUT2D eigenvalue weighted by Gasteiger charge is 2.16. The van der Waals surface area contributed by atoms with Crippen LogP contribution in [0, 0.1) is 0 Å². The van der Waals surface area contributed by atoms with Crippen LogP contribution in [0.2, 0.25) is 0 Å². The number of aliphatic hydroxyl groups excluding tert-OH is 1. The van der Waals surface area contributed by atoms with Gasteiger partial charge in [0.25, 0.3) is 0 Å². The predicted molar refractivity (Wildman–Crippen MR) is 71.8 cm³/mol. The molecule has 0 bridgehead atoms. The van der Waals surface area contributed by atoms with Gasteiger partial charge in [-0.05, 0) is 30.7 Å². The minimum Gasteiger partial charge on any atom is -0.502 e. The zero-order valence-corrected chi connectivity index (χ0v) is 11.9. The zero-order chi connectivity index (χ0) is 14.4. The van der Waals surface area contributed by atoms with Crippen molar-refractivity contribution in [2.75, 3.05) is 28.4 Å². The summed E-state index contributed by atoms with van der Waals surface area (Å²) in [6.07, 6.45) is 0.786. The minimum atomic E-state index is -0.811. The molecule has 0 fully saturated rings. The van der Waals surface area contributed by atoms with E-state index < -0.39 is 6.10 Å². The van der Waals surface area contributed by atoms with Crippen LogP contribution < -0.4 is 14.2 Å². The lowest BCUT2D eigenvalue weighted by molar-refractivity contribution is 0.213. The lowest BCUT2D eigenvalue weighted by Gasteiger charge is -2.16. The van der Waals surface area contributed by atoms with Gasteiger partial charge in [-0.1, -0.05) is 0 Å². The maximum Gasteiger partial charge on any atom is 0.203 e. The Kier molecular flexibility index (Phi) is 5.51. The van der Waals surface area contributed by atoms with E-state index in [1.165, 1.54) is 21.3 Å². The number of hydrogen-bond donors (Lipinski definition) is 1. The first kappa shape index (κ1) is 15.2. The number of ether oxygens (including phenoxy) is 4. The Morgan fingerprint density at radius 2 is 1.58 bits per heavy atom. The third-order valence-corrected chi connectivity index (χ3v) is 2.74. The second-order valence-corrected chi connectivity index (χ2v) is 3.88. The second kappa shape index (κ2) is 6.89. The average Bonchev–Trinajstić information content (AvgIpc) is 2.44. The quantitative estimate of drug-likeness (QED) is 0.802. The molecular formula is C14H20O5. The molecule has 19 heavy (non-hydrogen) atoms. The van der Waals surface area contributed by atoms with Crippen molar-refractivity contribution in [3.8, 4) is 17.2 Å². The molecule has 0 aliphatic heterocycles. The smallest absolute Gasteiger partial charge is 0.203 e. The molecule has 1 rings (SSSR count). The molecule has 5 heteroatoms. The summed E-state index contributed by atoms with van der Waals surface area (Å²) in [5.41, 5.74) is 0.630. The maximum atomic E-state index is 10.1. The summed E-state index contributed by atoms with van der Waals surface area (Å²) in [4.78, 5) is 0. The highest BCUT2D eigenvalue weighted by Crippen LogP contribution is 2.39. The van der Waals surface area contributed by atoms with Gasteiger partial charge in [0.15, 0.2) is 11.5 Å². The second-order valence-electron chi connectivity index (χ2n) is 3.88. The van der Waals surface area contributed by atoms with Crippen LogP contribution in [-0.2, 0) is 4.74 Å². The topological polar surface area (TPSA) is 57.2 Å². The summed E-state index contributed by atoms with van der Waals surface area (Å²) in [5.74, 6) is 2.12. The van der Waals surface area contributed by atoms with E-state index in [0.717, 1.165) is 0 Å². The third kappa shape index (κ3) is 3.54. The molecule has 1 N–H and O–H groups in total. The van der Waals surface area contributed by atoms with Crippen molar-refractivity contribution in [3.63, 3.8) is 0 Å². The Morgan fingerprint density at radius 3 is 1.95 bits per heavy atom. The first-order valence-corrected chi connectivity index (χ1v) is 5.77. The van der Waals surface area contributed by atoms with Gasteiger partial charge >= 0.3 is 0 Å². The molecule has 0 unspecified atom stereocenters. The van der Waals surface area contributed by atoms with Gasteiger partial charge in [0.05, 0.1) is 34.2 Å². The van der Waals surface area contributed by atoms with Crippen LogP contribution in [0.25, 0.3) is 0 Å². The van der Waals surface area contributed by atoms with Gasteiger partial charge in [0.1, 0.15) is 6.10 Å². The van der Waals surface area contributed by atoms with Gasteiger partial charge in [-0.2, -0.15) is 0 Å². The van der Waals surface area contributed by atoms with Gasteiger partial charge in [-0.3, -0.25) is 0 Å². The van der Waals surface area contributed by atoms with Crippen molar-refractivity contribution in [3.05, 3.63) is 29.5 Å². The van der Waals surface area contributed by atoms with Crippen LogP contribution in [0.4, 0.5) is 0 Å². The molecule has 1 aromatic rings. The maximum absolute atomic E-state index is 10.1. The molecule has 0 saturated carbocycles. The summed E-state index contributed by atoms with van der Waals surface area (Å²) < 4.78 is 20.7. The molecule has 0 aliphatic carbocycles. The Morgan fingerprint density at radius 1 is 1.05 bits per heavy atom. The largest absolute Gasteiger partial charge is 0.502 e. The van der Waals surface area contributed by atoms with Crippen LogP contribution >= 0.6 is 0 Å². The van der Waals surface area contributed by atoms with Gasteiger partial charge in [0, 0.05) is 0 Å².